The zero-order valence-corrected chi connectivity index (χ0v) is 20.4. The fourth-order valence-corrected chi connectivity index (χ4v) is 6.11. The molecule has 1 saturated carbocycles. The van der Waals surface area contributed by atoms with Gasteiger partial charge in [0, 0.05) is 36.7 Å². The maximum absolute atomic E-state index is 13.2. The van der Waals surface area contributed by atoms with Crippen LogP contribution in [0, 0.1) is 11.8 Å². The summed E-state index contributed by atoms with van der Waals surface area (Å²) in [5, 5.41) is 20.7. The van der Waals surface area contributed by atoms with Gasteiger partial charge in [0.15, 0.2) is 0 Å². The van der Waals surface area contributed by atoms with E-state index in [-0.39, 0.29) is 30.5 Å². The van der Waals surface area contributed by atoms with Crippen LogP contribution < -0.4 is 0 Å². The van der Waals surface area contributed by atoms with Crippen LogP contribution in [0.15, 0.2) is 54.6 Å². The quantitative estimate of drug-likeness (QED) is 0.670. The zero-order chi connectivity index (χ0) is 24.3. The lowest BCUT2D eigenvalue weighted by atomic mass is 9.74. The van der Waals surface area contributed by atoms with Crippen LogP contribution in [0.4, 0.5) is 0 Å². The number of hydrogen-bond donors (Lipinski definition) is 2. The number of carbonyl (C=O) groups excluding carboxylic acids is 1. The van der Waals surface area contributed by atoms with Gasteiger partial charge in [-0.1, -0.05) is 54.3 Å². The molecule has 5 nitrogen and oxygen atoms in total. The highest BCUT2D eigenvalue weighted by Gasteiger charge is 2.49. The Labute approximate surface area is 208 Å². The van der Waals surface area contributed by atoms with Gasteiger partial charge in [-0.25, -0.2) is 0 Å². The minimum atomic E-state index is -0.830. The molecule has 2 heterocycles. The van der Waals surface area contributed by atoms with E-state index in [0.29, 0.717) is 13.0 Å². The molecule has 5 heteroatoms. The van der Waals surface area contributed by atoms with Crippen molar-refractivity contribution in [1.82, 2.24) is 9.80 Å². The molecule has 2 aromatic carbocycles. The highest BCUT2D eigenvalue weighted by atomic mass is 16.3. The molecule has 0 unspecified atom stereocenters. The minimum absolute atomic E-state index is 0.0836. The molecule has 2 saturated heterocycles. The third kappa shape index (κ3) is 5.30. The number of aliphatic hydroxyl groups excluding tert-OH is 1. The van der Waals surface area contributed by atoms with Crippen molar-refractivity contribution < 1.29 is 15.0 Å². The summed E-state index contributed by atoms with van der Waals surface area (Å²) in [6.45, 7) is 2.58. The van der Waals surface area contributed by atoms with Crippen LogP contribution in [0.3, 0.4) is 0 Å². The lowest BCUT2D eigenvalue weighted by Gasteiger charge is -2.57. The van der Waals surface area contributed by atoms with Gasteiger partial charge in [-0.3, -0.25) is 9.69 Å². The summed E-state index contributed by atoms with van der Waals surface area (Å²) in [5.41, 5.74) is 2.31. The molecule has 5 rings (SSSR count). The summed E-state index contributed by atoms with van der Waals surface area (Å²) in [6.07, 6.45) is 6.05. The number of hydrogen-bond acceptors (Lipinski definition) is 4. The summed E-state index contributed by atoms with van der Waals surface area (Å²) < 4.78 is 0. The highest BCUT2D eigenvalue weighted by molar-refractivity contribution is 5.78. The van der Waals surface area contributed by atoms with E-state index < -0.39 is 5.60 Å². The van der Waals surface area contributed by atoms with E-state index in [1.165, 1.54) is 5.56 Å². The molecule has 2 aromatic rings. The van der Waals surface area contributed by atoms with Gasteiger partial charge in [0.1, 0.15) is 5.60 Å². The molecular weight excluding hydrogens is 436 g/mol. The van der Waals surface area contributed by atoms with Crippen molar-refractivity contribution in [1.29, 1.82) is 0 Å². The van der Waals surface area contributed by atoms with Crippen molar-refractivity contribution in [2.24, 2.45) is 0 Å². The van der Waals surface area contributed by atoms with E-state index in [0.717, 1.165) is 62.7 Å². The van der Waals surface area contributed by atoms with Crippen LogP contribution in [-0.2, 0) is 11.2 Å². The van der Waals surface area contributed by atoms with Gasteiger partial charge in [0.05, 0.1) is 13.0 Å². The number of carbonyl (C=O) groups is 1. The van der Waals surface area contributed by atoms with E-state index in [1.807, 2.05) is 47.4 Å². The number of benzene rings is 2. The van der Waals surface area contributed by atoms with Gasteiger partial charge in [-0.05, 0) is 68.3 Å². The van der Waals surface area contributed by atoms with Gasteiger partial charge in [0.2, 0.25) is 5.91 Å². The van der Waals surface area contributed by atoms with Crippen molar-refractivity contribution >= 4 is 5.91 Å². The zero-order valence-electron chi connectivity index (χ0n) is 20.4. The Morgan fingerprint density at radius 2 is 1.69 bits per heavy atom. The van der Waals surface area contributed by atoms with Crippen molar-refractivity contribution in [2.45, 2.75) is 68.5 Å². The molecule has 3 aliphatic rings. The normalized spacial score (nSPS) is 26.0. The smallest absolute Gasteiger partial charge is 0.227 e. The van der Waals surface area contributed by atoms with E-state index in [2.05, 4.69) is 28.9 Å². The van der Waals surface area contributed by atoms with Crippen molar-refractivity contribution in [3.05, 3.63) is 71.3 Å². The van der Waals surface area contributed by atoms with Gasteiger partial charge < -0.3 is 15.1 Å². The summed E-state index contributed by atoms with van der Waals surface area (Å²) in [5.74, 6) is 6.61. The maximum Gasteiger partial charge on any atom is 0.227 e. The van der Waals surface area contributed by atoms with Crippen molar-refractivity contribution in [3.63, 3.8) is 0 Å². The van der Waals surface area contributed by atoms with Crippen LogP contribution in [0.2, 0.25) is 0 Å². The number of nitrogens with zero attached hydrogens (tertiary/aromatic N) is 2. The molecule has 184 valence electrons. The van der Waals surface area contributed by atoms with Gasteiger partial charge in [-0.15, -0.1) is 0 Å². The first kappa shape index (κ1) is 24.1. The first-order valence-electron chi connectivity index (χ1n) is 13.1. The first-order chi connectivity index (χ1) is 17.1. The molecule has 35 heavy (non-hydrogen) atoms. The average molecular weight is 473 g/mol. The first-order valence-corrected chi connectivity index (χ1v) is 13.1. The van der Waals surface area contributed by atoms with Crippen LogP contribution in [0.25, 0.3) is 0 Å². The summed E-state index contributed by atoms with van der Waals surface area (Å²) in [7, 11) is 0. The SMILES string of the molecule is O=C(Cc1ccccc1)N1CCCCN2[C@H](C1)[C@H](c1ccc(C#CC3(O)CCCC3)cc1)[C@@H]2CO. The number of fused-ring (bicyclic) bond motifs is 1. The Bertz CT molecular complexity index is 1070. The van der Waals surface area contributed by atoms with E-state index in [1.54, 1.807) is 0 Å². The van der Waals surface area contributed by atoms with E-state index >= 15 is 0 Å². The Morgan fingerprint density at radius 1 is 0.971 bits per heavy atom. The second-order valence-electron chi connectivity index (χ2n) is 10.4. The molecule has 0 radical (unpaired) electrons. The van der Waals surface area contributed by atoms with Crippen LogP contribution >= 0.6 is 0 Å². The van der Waals surface area contributed by atoms with Crippen LogP contribution in [0.1, 0.15) is 61.1 Å². The second kappa shape index (κ2) is 10.5. The topological polar surface area (TPSA) is 64.0 Å². The Hall–Kier alpha value is -2.65. The lowest BCUT2D eigenvalue weighted by Crippen LogP contribution is -2.68. The lowest BCUT2D eigenvalue weighted by molar-refractivity contribution is -0.135. The molecule has 0 aromatic heterocycles. The van der Waals surface area contributed by atoms with E-state index in [4.69, 9.17) is 0 Å². The van der Waals surface area contributed by atoms with Crippen molar-refractivity contribution in [3.8, 4) is 11.8 Å². The summed E-state index contributed by atoms with van der Waals surface area (Å²) in [6, 6.07) is 18.5. The summed E-state index contributed by atoms with van der Waals surface area (Å²) >= 11 is 0. The molecular formula is C30H36N2O3. The maximum atomic E-state index is 13.2. The fourth-order valence-electron chi connectivity index (χ4n) is 6.11. The molecule has 3 fully saturated rings. The number of amides is 1. The second-order valence-corrected chi connectivity index (χ2v) is 10.4. The van der Waals surface area contributed by atoms with Crippen LogP contribution in [-0.4, -0.2) is 69.8 Å². The Kier molecular flexibility index (Phi) is 7.24. The molecule has 0 spiro atoms. The Balaban J connectivity index is 1.31. The molecule has 2 aliphatic heterocycles. The van der Waals surface area contributed by atoms with Crippen molar-refractivity contribution in [2.75, 3.05) is 26.2 Å². The Morgan fingerprint density at radius 3 is 2.40 bits per heavy atom. The predicted octanol–water partition coefficient (Wildman–Crippen LogP) is 3.34. The van der Waals surface area contributed by atoms with Gasteiger partial charge in [0.25, 0.3) is 0 Å². The molecule has 1 amide bonds. The third-order valence-corrected chi connectivity index (χ3v) is 8.09. The van der Waals surface area contributed by atoms with E-state index in [9.17, 15) is 15.0 Å². The van der Waals surface area contributed by atoms with Crippen LogP contribution in [0.5, 0.6) is 0 Å². The number of rotatable bonds is 4. The van der Waals surface area contributed by atoms with Gasteiger partial charge in [-0.2, -0.15) is 0 Å². The molecule has 3 atom stereocenters. The van der Waals surface area contributed by atoms with Gasteiger partial charge >= 0.3 is 0 Å². The fraction of sp³-hybridized carbons (Fsp3) is 0.500. The predicted molar refractivity (Wildman–Crippen MR) is 137 cm³/mol. The monoisotopic (exact) mass is 472 g/mol. The largest absolute Gasteiger partial charge is 0.395 e. The number of aliphatic hydroxyl groups is 2. The highest BCUT2D eigenvalue weighted by Crippen LogP contribution is 2.42. The molecule has 1 aliphatic carbocycles. The third-order valence-electron chi connectivity index (χ3n) is 8.09. The molecule has 0 bridgehead atoms. The standard InChI is InChI=1S/C30H36N2O3/c33-22-27-29(25-12-10-23(11-13-25)14-17-30(35)15-4-5-16-30)26-21-31(18-6-7-19-32(26)27)28(34)20-24-8-2-1-3-9-24/h1-3,8-13,26-27,29,33,35H,4-7,15-16,18-22H2/t26-,27+,29+/m1/s1. The molecule has 2 N–H and O–H groups in total. The summed E-state index contributed by atoms with van der Waals surface area (Å²) in [4.78, 5) is 17.6. The minimum Gasteiger partial charge on any atom is -0.395 e. The average Bonchev–Trinajstić information content (AvgIpc) is 3.30.